The summed E-state index contributed by atoms with van der Waals surface area (Å²) in [6, 6.07) is 0. The number of allylic oxidation sites excluding steroid dienone is 2. The summed E-state index contributed by atoms with van der Waals surface area (Å²) in [5, 5.41) is 0. The average Bonchev–Trinajstić information content (AvgIpc) is 2.07. The van der Waals surface area contributed by atoms with Gasteiger partial charge in [-0.1, -0.05) is 25.3 Å². The summed E-state index contributed by atoms with van der Waals surface area (Å²) in [4.78, 5) is 11.4. The highest BCUT2D eigenvalue weighted by Crippen LogP contribution is 2.49. The van der Waals surface area contributed by atoms with Crippen LogP contribution in [-0.2, 0) is 4.79 Å². The summed E-state index contributed by atoms with van der Waals surface area (Å²) in [6.45, 7) is 4.48. The molecule has 1 saturated carbocycles. The van der Waals surface area contributed by atoms with Crippen LogP contribution >= 0.6 is 0 Å². The predicted molar refractivity (Wildman–Crippen MR) is 53.4 cm³/mol. The molecule has 1 fully saturated rings. The lowest BCUT2D eigenvalue weighted by molar-refractivity contribution is -0.117. The summed E-state index contributed by atoms with van der Waals surface area (Å²) >= 11 is 0. The highest BCUT2D eigenvalue weighted by Gasteiger charge is 2.41. The lowest BCUT2D eigenvalue weighted by atomic mass is 9.60. The van der Waals surface area contributed by atoms with Crippen LogP contribution < -0.4 is 0 Å². The zero-order chi connectivity index (χ0) is 9.47. The van der Waals surface area contributed by atoms with Crippen molar-refractivity contribution >= 4 is 5.78 Å². The van der Waals surface area contributed by atoms with Crippen LogP contribution in [0.3, 0.4) is 0 Å². The Bertz CT molecular complexity index is 264. The van der Waals surface area contributed by atoms with E-state index in [-0.39, 0.29) is 0 Å². The quantitative estimate of drug-likeness (QED) is 0.557. The minimum atomic E-state index is 0.349. The number of carbonyl (C=O) groups is 1. The predicted octanol–water partition coefficient (Wildman–Crippen LogP) is 3.10. The fourth-order valence-electron chi connectivity index (χ4n) is 2.96. The van der Waals surface area contributed by atoms with Crippen molar-refractivity contribution in [1.82, 2.24) is 0 Å². The number of ketones is 1. The van der Waals surface area contributed by atoms with E-state index < -0.39 is 0 Å². The van der Waals surface area contributed by atoms with Gasteiger partial charge in [0.15, 0.2) is 5.78 Å². The van der Waals surface area contributed by atoms with E-state index >= 15 is 0 Å². The van der Waals surface area contributed by atoms with E-state index in [1.807, 2.05) is 6.08 Å². The molecule has 1 heteroatoms. The fourth-order valence-corrected chi connectivity index (χ4v) is 2.96. The third-order valence-corrected chi connectivity index (χ3v) is 4.13. The highest BCUT2D eigenvalue weighted by molar-refractivity contribution is 5.91. The van der Waals surface area contributed by atoms with Crippen LogP contribution in [0.5, 0.6) is 0 Å². The molecule has 0 N–H and O–H groups in total. The van der Waals surface area contributed by atoms with Crippen LogP contribution in [0.4, 0.5) is 0 Å². The van der Waals surface area contributed by atoms with Crippen molar-refractivity contribution in [2.45, 2.75) is 46.0 Å². The van der Waals surface area contributed by atoms with E-state index in [2.05, 4.69) is 13.8 Å². The van der Waals surface area contributed by atoms with E-state index in [1.54, 1.807) is 0 Å². The second-order valence-corrected chi connectivity index (χ2v) is 4.86. The first-order valence-corrected chi connectivity index (χ1v) is 5.34. The summed E-state index contributed by atoms with van der Waals surface area (Å²) < 4.78 is 0. The van der Waals surface area contributed by atoms with Gasteiger partial charge < -0.3 is 0 Å². The Labute approximate surface area is 80.2 Å². The molecule has 0 aromatic heterocycles. The van der Waals surface area contributed by atoms with Gasteiger partial charge in [0.25, 0.3) is 0 Å². The summed E-state index contributed by atoms with van der Waals surface area (Å²) in [5.41, 5.74) is 1.68. The number of carbonyl (C=O) groups excluding carboxylic acids is 1. The van der Waals surface area contributed by atoms with Crippen LogP contribution in [0, 0.1) is 11.3 Å². The maximum Gasteiger partial charge on any atom is 0.155 e. The van der Waals surface area contributed by atoms with Crippen molar-refractivity contribution in [1.29, 1.82) is 0 Å². The average molecular weight is 178 g/mol. The second-order valence-electron chi connectivity index (χ2n) is 4.86. The minimum Gasteiger partial charge on any atom is -0.295 e. The van der Waals surface area contributed by atoms with Gasteiger partial charge in [0, 0.05) is 6.42 Å². The van der Waals surface area contributed by atoms with Crippen LogP contribution in [0.1, 0.15) is 46.0 Å². The topological polar surface area (TPSA) is 17.1 Å². The normalized spacial score (nSPS) is 39.7. The number of rotatable bonds is 0. The Kier molecular flexibility index (Phi) is 2.05. The monoisotopic (exact) mass is 178 g/mol. The molecule has 1 nitrogen and oxygen atoms in total. The number of fused-ring (bicyclic) bond motifs is 1. The van der Waals surface area contributed by atoms with Crippen molar-refractivity contribution in [3.8, 4) is 0 Å². The zero-order valence-electron chi connectivity index (χ0n) is 8.60. The van der Waals surface area contributed by atoms with Gasteiger partial charge in [0.05, 0.1) is 0 Å². The van der Waals surface area contributed by atoms with Gasteiger partial charge in [-0.15, -0.1) is 0 Å². The van der Waals surface area contributed by atoms with Crippen molar-refractivity contribution in [2.24, 2.45) is 11.3 Å². The molecular formula is C12H18O. The zero-order valence-corrected chi connectivity index (χ0v) is 8.60. The van der Waals surface area contributed by atoms with Gasteiger partial charge in [-0.25, -0.2) is 0 Å². The molecule has 0 amide bonds. The molecule has 2 rings (SSSR count). The Morgan fingerprint density at radius 3 is 3.00 bits per heavy atom. The molecule has 72 valence electrons. The van der Waals surface area contributed by atoms with Gasteiger partial charge in [-0.05, 0) is 37.2 Å². The van der Waals surface area contributed by atoms with Gasteiger partial charge in [-0.3, -0.25) is 4.79 Å². The van der Waals surface area contributed by atoms with Crippen molar-refractivity contribution in [3.05, 3.63) is 11.6 Å². The third kappa shape index (κ3) is 1.34. The van der Waals surface area contributed by atoms with E-state index in [4.69, 9.17) is 0 Å². The number of hydrogen-bond donors (Lipinski definition) is 0. The maximum atomic E-state index is 11.4. The van der Waals surface area contributed by atoms with Crippen molar-refractivity contribution in [3.63, 3.8) is 0 Å². The molecule has 2 aliphatic rings. The Morgan fingerprint density at radius 1 is 1.46 bits per heavy atom. The van der Waals surface area contributed by atoms with Gasteiger partial charge >= 0.3 is 0 Å². The first-order valence-electron chi connectivity index (χ1n) is 5.34. The fraction of sp³-hybridized carbons (Fsp3) is 0.750. The summed E-state index contributed by atoms with van der Waals surface area (Å²) in [7, 11) is 0. The second kappa shape index (κ2) is 2.97. The lowest BCUT2D eigenvalue weighted by Crippen LogP contribution is -2.36. The molecule has 2 aliphatic carbocycles. The van der Waals surface area contributed by atoms with Crippen LogP contribution in [-0.4, -0.2) is 5.78 Å². The summed E-state index contributed by atoms with van der Waals surface area (Å²) in [6.07, 6.45) is 7.88. The largest absolute Gasteiger partial charge is 0.295 e. The molecule has 0 heterocycles. The SMILES string of the molecule is CC1=CC(=O)C[C@H]2CCCC[C@]12C. The Balaban J connectivity index is 2.33. The van der Waals surface area contributed by atoms with E-state index in [0.29, 0.717) is 17.1 Å². The van der Waals surface area contributed by atoms with Gasteiger partial charge in [0.2, 0.25) is 0 Å². The molecule has 0 spiro atoms. The van der Waals surface area contributed by atoms with Crippen molar-refractivity contribution in [2.75, 3.05) is 0 Å². The molecule has 0 aliphatic heterocycles. The molecular weight excluding hydrogens is 160 g/mol. The van der Waals surface area contributed by atoms with Gasteiger partial charge in [0.1, 0.15) is 0 Å². The molecule has 0 bridgehead atoms. The van der Waals surface area contributed by atoms with Crippen molar-refractivity contribution < 1.29 is 4.79 Å². The molecule has 2 atom stereocenters. The van der Waals surface area contributed by atoms with Crippen LogP contribution in [0.2, 0.25) is 0 Å². The third-order valence-electron chi connectivity index (χ3n) is 4.13. The minimum absolute atomic E-state index is 0.349. The van der Waals surface area contributed by atoms with E-state index in [9.17, 15) is 4.79 Å². The Hall–Kier alpha value is -0.590. The molecule has 0 aromatic rings. The van der Waals surface area contributed by atoms with Crippen LogP contribution in [0.15, 0.2) is 11.6 Å². The molecule has 13 heavy (non-hydrogen) atoms. The molecule has 0 aromatic carbocycles. The smallest absolute Gasteiger partial charge is 0.155 e. The molecule has 0 unspecified atom stereocenters. The maximum absolute atomic E-state index is 11.4. The first-order chi connectivity index (χ1) is 6.13. The lowest BCUT2D eigenvalue weighted by Gasteiger charge is -2.44. The first kappa shape index (κ1) is 8.98. The Morgan fingerprint density at radius 2 is 2.23 bits per heavy atom. The molecule has 0 radical (unpaired) electrons. The summed E-state index contributed by atoms with van der Waals surface area (Å²) in [5.74, 6) is 0.987. The number of hydrogen-bond acceptors (Lipinski definition) is 1. The van der Waals surface area contributed by atoms with Crippen LogP contribution in [0.25, 0.3) is 0 Å². The van der Waals surface area contributed by atoms with E-state index in [0.717, 1.165) is 6.42 Å². The van der Waals surface area contributed by atoms with Gasteiger partial charge in [-0.2, -0.15) is 0 Å². The van der Waals surface area contributed by atoms with E-state index in [1.165, 1.54) is 31.3 Å². The molecule has 0 saturated heterocycles. The highest BCUT2D eigenvalue weighted by atomic mass is 16.1. The standard InChI is InChI=1S/C12H18O/c1-9-7-11(13)8-10-5-3-4-6-12(9,10)2/h7,10H,3-6,8H2,1-2H3/t10-,12-/m1/s1.